The molecule has 1 aromatic carbocycles. The maximum atomic E-state index is 13.5. The molecule has 0 radical (unpaired) electrons. The number of hydrogen-bond donors (Lipinski definition) is 1. The third-order valence-corrected chi connectivity index (χ3v) is 7.79. The molecule has 1 aromatic rings. The average Bonchev–Trinajstić information content (AvgIpc) is 3.31. The molecule has 3 aliphatic rings. The Kier molecular flexibility index (Phi) is 6.14. The predicted octanol–water partition coefficient (Wildman–Crippen LogP) is 4.33. The molecule has 32 heavy (non-hydrogen) atoms. The molecule has 0 unspecified atom stereocenters. The van der Waals surface area contributed by atoms with E-state index in [0.29, 0.717) is 12.6 Å². The summed E-state index contributed by atoms with van der Waals surface area (Å²) in [6.45, 7) is 7.92. The molecule has 2 saturated heterocycles. The van der Waals surface area contributed by atoms with Gasteiger partial charge in [0, 0.05) is 18.2 Å². The van der Waals surface area contributed by atoms with Crippen LogP contribution >= 0.6 is 0 Å². The van der Waals surface area contributed by atoms with Crippen molar-refractivity contribution in [3.8, 4) is 11.5 Å². The van der Waals surface area contributed by atoms with E-state index in [0.717, 1.165) is 62.1 Å². The van der Waals surface area contributed by atoms with Crippen LogP contribution in [0.3, 0.4) is 0 Å². The van der Waals surface area contributed by atoms with Crippen LogP contribution in [0.2, 0.25) is 0 Å². The fourth-order valence-corrected chi connectivity index (χ4v) is 5.75. The molecule has 0 bridgehead atoms. The van der Waals surface area contributed by atoms with E-state index in [1.807, 2.05) is 18.2 Å². The summed E-state index contributed by atoms with van der Waals surface area (Å²) in [6.07, 6.45) is 5.35. The Bertz CT molecular complexity index is 870. The summed E-state index contributed by atoms with van der Waals surface area (Å²) in [5.74, 6) is 2.10. The van der Waals surface area contributed by atoms with Crippen molar-refractivity contribution in [3.63, 3.8) is 0 Å². The Hall–Kier alpha value is -2.28. The lowest BCUT2D eigenvalue weighted by Gasteiger charge is -2.40. The van der Waals surface area contributed by atoms with Gasteiger partial charge in [0.05, 0.1) is 20.9 Å². The summed E-state index contributed by atoms with van der Waals surface area (Å²) in [7, 11) is 3.32. The van der Waals surface area contributed by atoms with E-state index in [-0.39, 0.29) is 23.4 Å². The van der Waals surface area contributed by atoms with Gasteiger partial charge in [-0.2, -0.15) is 0 Å². The van der Waals surface area contributed by atoms with Gasteiger partial charge in [-0.15, -0.1) is 0 Å². The molecule has 1 aliphatic carbocycles. The van der Waals surface area contributed by atoms with Gasteiger partial charge in [-0.3, -0.25) is 9.69 Å². The van der Waals surface area contributed by atoms with E-state index in [9.17, 15) is 9.59 Å². The molecule has 1 saturated carbocycles. The Labute approximate surface area is 191 Å². The Morgan fingerprint density at radius 3 is 2.44 bits per heavy atom. The maximum absolute atomic E-state index is 13.5. The molecular weight excluding hydrogens is 406 g/mol. The first kappa shape index (κ1) is 22.9. The van der Waals surface area contributed by atoms with Crippen LogP contribution in [0.15, 0.2) is 18.2 Å². The summed E-state index contributed by atoms with van der Waals surface area (Å²) in [5, 5.41) is 3.08. The second-order valence-electron chi connectivity index (χ2n) is 10.6. The van der Waals surface area contributed by atoms with Crippen molar-refractivity contribution in [2.75, 3.05) is 27.4 Å². The number of benzene rings is 1. The normalized spacial score (nSPS) is 29.0. The van der Waals surface area contributed by atoms with Gasteiger partial charge in [0.15, 0.2) is 0 Å². The number of amides is 3. The number of likely N-dealkylation sites (tertiary alicyclic amines) is 1. The zero-order valence-corrected chi connectivity index (χ0v) is 20.1. The van der Waals surface area contributed by atoms with Crippen LogP contribution < -0.4 is 14.8 Å². The highest BCUT2D eigenvalue weighted by molar-refractivity contribution is 6.07. The largest absolute Gasteiger partial charge is 0.497 e. The first-order valence-electron chi connectivity index (χ1n) is 11.8. The van der Waals surface area contributed by atoms with Gasteiger partial charge < -0.3 is 14.8 Å². The van der Waals surface area contributed by atoms with Crippen LogP contribution in [0.5, 0.6) is 11.5 Å². The minimum absolute atomic E-state index is 0.0573. The topological polar surface area (TPSA) is 71.1 Å². The lowest BCUT2D eigenvalue weighted by atomic mass is 9.67. The Morgan fingerprint density at radius 2 is 1.81 bits per heavy atom. The molecule has 7 heteroatoms. The molecule has 0 aromatic heterocycles. The molecule has 1 atom stereocenters. The SMILES string of the molecule is COc1ccc(OC)c([C@H]2CCCN2CN2C(=O)NC3(CCC(C(C)(C)C)CC3)C2=O)c1. The van der Waals surface area contributed by atoms with E-state index < -0.39 is 5.54 Å². The number of carbonyl (C=O) groups excluding carboxylic acids is 2. The number of hydrogen-bond acceptors (Lipinski definition) is 5. The summed E-state index contributed by atoms with van der Waals surface area (Å²) < 4.78 is 11.0. The van der Waals surface area contributed by atoms with Crippen molar-refractivity contribution in [2.45, 2.75) is 70.9 Å². The monoisotopic (exact) mass is 443 g/mol. The highest BCUT2D eigenvalue weighted by Gasteiger charge is 2.53. The fraction of sp³-hybridized carbons (Fsp3) is 0.680. The van der Waals surface area contributed by atoms with Crippen molar-refractivity contribution in [1.82, 2.24) is 15.1 Å². The van der Waals surface area contributed by atoms with E-state index in [4.69, 9.17) is 9.47 Å². The molecule has 1 N–H and O–H groups in total. The molecule has 7 nitrogen and oxygen atoms in total. The van der Waals surface area contributed by atoms with Crippen LogP contribution in [0.1, 0.15) is 70.9 Å². The number of methoxy groups -OCH3 is 2. The highest BCUT2D eigenvalue weighted by Crippen LogP contribution is 2.44. The lowest BCUT2D eigenvalue weighted by molar-refractivity contribution is -0.134. The van der Waals surface area contributed by atoms with E-state index in [1.54, 1.807) is 14.2 Å². The summed E-state index contributed by atoms with van der Waals surface area (Å²) >= 11 is 0. The predicted molar refractivity (Wildman–Crippen MR) is 123 cm³/mol. The first-order chi connectivity index (χ1) is 15.2. The smallest absolute Gasteiger partial charge is 0.326 e. The van der Waals surface area contributed by atoms with Crippen LogP contribution in [0, 0.1) is 11.3 Å². The zero-order valence-electron chi connectivity index (χ0n) is 20.1. The van der Waals surface area contributed by atoms with Crippen LogP contribution in [-0.2, 0) is 4.79 Å². The quantitative estimate of drug-likeness (QED) is 0.686. The van der Waals surface area contributed by atoms with Gasteiger partial charge in [0.1, 0.15) is 17.0 Å². The molecule has 2 aliphatic heterocycles. The van der Waals surface area contributed by atoms with Crippen molar-refractivity contribution in [3.05, 3.63) is 23.8 Å². The lowest BCUT2D eigenvalue weighted by Crippen LogP contribution is -2.51. The zero-order chi connectivity index (χ0) is 23.1. The van der Waals surface area contributed by atoms with Crippen LogP contribution in [0.4, 0.5) is 4.79 Å². The van der Waals surface area contributed by atoms with Gasteiger partial charge in [-0.1, -0.05) is 20.8 Å². The Morgan fingerprint density at radius 1 is 1.09 bits per heavy atom. The number of nitrogens with zero attached hydrogens (tertiary/aromatic N) is 2. The Balaban J connectivity index is 1.50. The fourth-order valence-electron chi connectivity index (χ4n) is 5.75. The molecule has 1 spiro atoms. The maximum Gasteiger partial charge on any atom is 0.326 e. The van der Waals surface area contributed by atoms with Gasteiger partial charge in [0.25, 0.3) is 5.91 Å². The standard InChI is InChI=1S/C25H37N3O4/c1-24(2,3)17-10-12-25(13-11-17)22(29)28(23(30)26-25)16-27-14-6-7-20(27)19-15-18(31-4)8-9-21(19)32-5/h8-9,15,17,20H,6-7,10-14,16H2,1-5H3,(H,26,30)/t17?,20-,25?/m1/s1. The van der Waals surface area contributed by atoms with E-state index >= 15 is 0 Å². The third kappa shape index (κ3) is 4.07. The number of rotatable bonds is 5. The van der Waals surface area contributed by atoms with Crippen molar-refractivity contribution in [2.24, 2.45) is 11.3 Å². The minimum Gasteiger partial charge on any atom is -0.497 e. The minimum atomic E-state index is -0.721. The molecule has 3 amide bonds. The number of carbonyl (C=O) groups is 2. The second-order valence-corrected chi connectivity index (χ2v) is 10.6. The molecular formula is C25H37N3O4. The molecule has 4 rings (SSSR count). The van der Waals surface area contributed by atoms with E-state index in [1.165, 1.54) is 4.90 Å². The first-order valence-corrected chi connectivity index (χ1v) is 11.8. The number of imide groups is 1. The van der Waals surface area contributed by atoms with Gasteiger partial charge >= 0.3 is 6.03 Å². The van der Waals surface area contributed by atoms with Crippen molar-refractivity contribution >= 4 is 11.9 Å². The number of ether oxygens (including phenoxy) is 2. The third-order valence-electron chi connectivity index (χ3n) is 7.79. The molecule has 2 heterocycles. The number of nitrogens with one attached hydrogen (secondary N) is 1. The summed E-state index contributed by atoms with van der Waals surface area (Å²) in [4.78, 5) is 30.0. The van der Waals surface area contributed by atoms with Gasteiger partial charge in [-0.05, 0) is 68.1 Å². The molecule has 3 fully saturated rings. The van der Waals surface area contributed by atoms with Crippen LogP contribution in [0.25, 0.3) is 0 Å². The highest BCUT2D eigenvalue weighted by atomic mass is 16.5. The van der Waals surface area contributed by atoms with Crippen LogP contribution in [-0.4, -0.2) is 54.7 Å². The second kappa shape index (κ2) is 8.58. The van der Waals surface area contributed by atoms with Crippen molar-refractivity contribution in [1.29, 1.82) is 0 Å². The van der Waals surface area contributed by atoms with E-state index in [2.05, 4.69) is 31.0 Å². The average molecular weight is 444 g/mol. The molecule has 176 valence electrons. The van der Waals surface area contributed by atoms with Gasteiger partial charge in [0.2, 0.25) is 0 Å². The van der Waals surface area contributed by atoms with Gasteiger partial charge in [-0.25, -0.2) is 9.69 Å². The summed E-state index contributed by atoms with van der Waals surface area (Å²) in [5.41, 5.74) is 0.546. The summed E-state index contributed by atoms with van der Waals surface area (Å²) in [6, 6.07) is 5.63. The number of urea groups is 1. The van der Waals surface area contributed by atoms with Crippen molar-refractivity contribution < 1.29 is 19.1 Å².